The van der Waals surface area contributed by atoms with E-state index < -0.39 is 16.4 Å². The summed E-state index contributed by atoms with van der Waals surface area (Å²) in [5, 5.41) is 13.2. The fourth-order valence-corrected chi connectivity index (χ4v) is 1.38. The van der Waals surface area contributed by atoms with E-state index in [1.807, 2.05) is 0 Å². The Morgan fingerprint density at radius 1 is 1.50 bits per heavy atom. The third kappa shape index (κ3) is 3.27. The molecule has 96 valence electrons. The van der Waals surface area contributed by atoms with Crippen molar-refractivity contribution in [2.75, 3.05) is 11.1 Å². The highest BCUT2D eigenvalue weighted by Gasteiger charge is 2.17. The standard InChI is InChI=1S/C11H12FN3O3/c1-6(3-7(2)16)14-10-4-8(12)11(15(17)18)5-9(10)13/h3-5,14H,13H2,1-2H3. The Morgan fingerprint density at radius 3 is 2.61 bits per heavy atom. The van der Waals surface area contributed by atoms with E-state index in [-0.39, 0.29) is 17.2 Å². The van der Waals surface area contributed by atoms with Gasteiger partial charge in [-0.3, -0.25) is 14.9 Å². The molecule has 1 aromatic carbocycles. The largest absolute Gasteiger partial charge is 0.397 e. The summed E-state index contributed by atoms with van der Waals surface area (Å²) in [6.45, 7) is 2.96. The van der Waals surface area contributed by atoms with Crippen molar-refractivity contribution in [3.63, 3.8) is 0 Å². The maximum absolute atomic E-state index is 13.4. The first-order valence-electron chi connectivity index (χ1n) is 5.00. The lowest BCUT2D eigenvalue weighted by atomic mass is 10.2. The van der Waals surface area contributed by atoms with Crippen LogP contribution >= 0.6 is 0 Å². The highest BCUT2D eigenvalue weighted by molar-refractivity contribution is 5.88. The van der Waals surface area contributed by atoms with Gasteiger partial charge in [0, 0.05) is 17.8 Å². The average molecular weight is 253 g/mol. The van der Waals surface area contributed by atoms with E-state index in [2.05, 4.69) is 5.32 Å². The third-order valence-electron chi connectivity index (χ3n) is 2.07. The number of anilines is 2. The fourth-order valence-electron chi connectivity index (χ4n) is 1.38. The molecule has 3 N–H and O–H groups in total. The summed E-state index contributed by atoms with van der Waals surface area (Å²) in [4.78, 5) is 20.5. The molecular formula is C11H12FN3O3. The predicted octanol–water partition coefficient (Wildman–Crippen LogP) is 2.22. The number of allylic oxidation sites excluding steroid dienone is 2. The van der Waals surface area contributed by atoms with Crippen LogP contribution in [-0.4, -0.2) is 10.7 Å². The fraction of sp³-hybridized carbons (Fsp3) is 0.182. The average Bonchev–Trinajstić information content (AvgIpc) is 2.21. The zero-order valence-corrected chi connectivity index (χ0v) is 9.86. The Kier molecular flexibility index (Phi) is 3.98. The number of nitro groups is 1. The van der Waals surface area contributed by atoms with Gasteiger partial charge in [0.25, 0.3) is 0 Å². The lowest BCUT2D eigenvalue weighted by Crippen LogP contribution is -2.04. The van der Waals surface area contributed by atoms with Crippen LogP contribution in [0.2, 0.25) is 0 Å². The van der Waals surface area contributed by atoms with E-state index in [4.69, 9.17) is 5.73 Å². The second kappa shape index (κ2) is 5.26. The molecule has 0 heterocycles. The number of halogens is 1. The van der Waals surface area contributed by atoms with E-state index in [1.165, 1.54) is 13.0 Å². The van der Waals surface area contributed by atoms with E-state index in [1.54, 1.807) is 6.92 Å². The van der Waals surface area contributed by atoms with E-state index >= 15 is 0 Å². The zero-order chi connectivity index (χ0) is 13.9. The van der Waals surface area contributed by atoms with Gasteiger partial charge in [0.1, 0.15) is 0 Å². The van der Waals surface area contributed by atoms with Crippen LogP contribution in [0.5, 0.6) is 0 Å². The minimum absolute atomic E-state index is 0.0272. The Morgan fingerprint density at radius 2 is 2.11 bits per heavy atom. The number of nitrogens with zero attached hydrogens (tertiary/aromatic N) is 1. The molecule has 0 atom stereocenters. The van der Waals surface area contributed by atoms with Crippen molar-refractivity contribution in [3.8, 4) is 0 Å². The number of carbonyl (C=O) groups is 1. The van der Waals surface area contributed by atoms with Gasteiger partial charge in [0.2, 0.25) is 5.82 Å². The van der Waals surface area contributed by atoms with Crippen molar-refractivity contribution in [1.82, 2.24) is 0 Å². The molecule has 0 aliphatic heterocycles. The molecule has 0 saturated carbocycles. The number of benzene rings is 1. The molecule has 18 heavy (non-hydrogen) atoms. The van der Waals surface area contributed by atoms with Crippen LogP contribution in [-0.2, 0) is 4.79 Å². The molecule has 0 unspecified atom stereocenters. The molecule has 0 spiro atoms. The molecule has 0 aliphatic rings. The summed E-state index contributed by atoms with van der Waals surface area (Å²) < 4.78 is 13.4. The zero-order valence-electron chi connectivity index (χ0n) is 9.86. The van der Waals surface area contributed by atoms with Crippen molar-refractivity contribution >= 4 is 22.8 Å². The van der Waals surface area contributed by atoms with Crippen molar-refractivity contribution < 1.29 is 14.1 Å². The van der Waals surface area contributed by atoms with Crippen molar-refractivity contribution in [2.24, 2.45) is 0 Å². The molecule has 0 bridgehead atoms. The Labute approximate surface area is 102 Å². The lowest BCUT2D eigenvalue weighted by Gasteiger charge is -2.09. The van der Waals surface area contributed by atoms with Crippen LogP contribution in [0.1, 0.15) is 13.8 Å². The molecule has 0 fully saturated rings. The first kappa shape index (κ1) is 13.6. The predicted molar refractivity (Wildman–Crippen MR) is 65.5 cm³/mol. The van der Waals surface area contributed by atoms with Crippen LogP contribution < -0.4 is 11.1 Å². The summed E-state index contributed by atoms with van der Waals surface area (Å²) in [6.07, 6.45) is 1.30. The van der Waals surface area contributed by atoms with Gasteiger partial charge >= 0.3 is 5.69 Å². The van der Waals surface area contributed by atoms with E-state index in [0.717, 1.165) is 12.1 Å². The first-order chi connectivity index (χ1) is 8.31. The minimum atomic E-state index is -0.993. The monoisotopic (exact) mass is 253 g/mol. The highest BCUT2D eigenvalue weighted by atomic mass is 19.1. The number of nitro benzene ring substituents is 1. The maximum Gasteiger partial charge on any atom is 0.306 e. The van der Waals surface area contributed by atoms with Gasteiger partial charge in [-0.2, -0.15) is 4.39 Å². The van der Waals surface area contributed by atoms with Gasteiger partial charge in [-0.15, -0.1) is 0 Å². The van der Waals surface area contributed by atoms with Crippen LogP contribution in [0.25, 0.3) is 0 Å². The lowest BCUT2D eigenvalue weighted by molar-refractivity contribution is -0.387. The molecule has 7 heteroatoms. The molecule has 0 aromatic heterocycles. The number of nitrogens with two attached hydrogens (primary N) is 1. The summed E-state index contributed by atoms with van der Waals surface area (Å²) in [5.41, 5.74) is 5.53. The van der Waals surface area contributed by atoms with Gasteiger partial charge in [0.05, 0.1) is 16.3 Å². The maximum atomic E-state index is 13.4. The number of rotatable bonds is 4. The third-order valence-corrected chi connectivity index (χ3v) is 2.07. The van der Waals surface area contributed by atoms with Crippen LogP contribution in [0, 0.1) is 15.9 Å². The first-order valence-corrected chi connectivity index (χ1v) is 5.00. The number of ketones is 1. The number of nitrogens with one attached hydrogen (secondary N) is 1. The van der Waals surface area contributed by atoms with E-state index in [9.17, 15) is 19.3 Å². The minimum Gasteiger partial charge on any atom is -0.397 e. The molecule has 1 rings (SSSR count). The number of hydrogen-bond acceptors (Lipinski definition) is 5. The van der Waals surface area contributed by atoms with Gasteiger partial charge in [-0.25, -0.2) is 0 Å². The summed E-state index contributed by atoms with van der Waals surface area (Å²) in [7, 11) is 0. The smallest absolute Gasteiger partial charge is 0.306 e. The quantitative estimate of drug-likeness (QED) is 0.371. The topological polar surface area (TPSA) is 98.3 Å². The molecule has 0 amide bonds. The van der Waals surface area contributed by atoms with Gasteiger partial charge in [-0.05, 0) is 19.9 Å². The number of nitrogen functional groups attached to an aromatic ring is 1. The van der Waals surface area contributed by atoms with Crippen LogP contribution in [0.4, 0.5) is 21.5 Å². The van der Waals surface area contributed by atoms with Gasteiger partial charge < -0.3 is 11.1 Å². The second-order valence-electron chi connectivity index (χ2n) is 3.71. The summed E-state index contributed by atoms with van der Waals surface area (Å²) in [5.74, 6) is -1.17. The highest BCUT2D eigenvalue weighted by Crippen LogP contribution is 2.28. The van der Waals surface area contributed by atoms with Gasteiger partial charge in [0.15, 0.2) is 5.78 Å². The summed E-state index contributed by atoms with van der Waals surface area (Å²) in [6, 6.07) is 1.85. The molecule has 0 radical (unpaired) electrons. The Hall–Kier alpha value is -2.44. The SMILES string of the molecule is CC(=O)C=C(C)Nc1cc(F)c([N+](=O)[O-])cc1N. The molecule has 0 aliphatic carbocycles. The van der Waals surface area contributed by atoms with Crippen molar-refractivity contribution in [3.05, 3.63) is 39.8 Å². The van der Waals surface area contributed by atoms with Crippen LogP contribution in [0.3, 0.4) is 0 Å². The molecular weight excluding hydrogens is 241 g/mol. The molecule has 6 nitrogen and oxygen atoms in total. The van der Waals surface area contributed by atoms with E-state index in [0.29, 0.717) is 5.70 Å². The number of carbonyl (C=O) groups excluding carboxylic acids is 1. The summed E-state index contributed by atoms with van der Waals surface area (Å²) >= 11 is 0. The van der Waals surface area contributed by atoms with Crippen molar-refractivity contribution in [1.29, 1.82) is 0 Å². The Balaban J connectivity index is 3.09. The second-order valence-corrected chi connectivity index (χ2v) is 3.71. The van der Waals surface area contributed by atoms with Gasteiger partial charge in [-0.1, -0.05) is 0 Å². The Bertz CT molecular complexity index is 541. The normalized spacial score (nSPS) is 11.2. The van der Waals surface area contributed by atoms with Crippen LogP contribution in [0.15, 0.2) is 23.9 Å². The van der Waals surface area contributed by atoms with Crippen molar-refractivity contribution in [2.45, 2.75) is 13.8 Å². The number of hydrogen-bond donors (Lipinski definition) is 2. The molecule has 1 aromatic rings. The molecule has 0 saturated heterocycles.